The summed E-state index contributed by atoms with van der Waals surface area (Å²) >= 11 is 0. The fraction of sp³-hybridized carbons (Fsp3) is 0.533. The number of nitrogens with two attached hydrogens (primary N) is 1. The van der Waals surface area contributed by atoms with E-state index in [1.165, 1.54) is 0 Å². The van der Waals surface area contributed by atoms with Gasteiger partial charge in [-0.1, -0.05) is 0 Å². The zero-order valence-electron chi connectivity index (χ0n) is 11.7. The predicted molar refractivity (Wildman–Crippen MR) is 78.7 cm³/mol. The molecule has 2 aliphatic rings. The number of aliphatic hydroxyl groups excluding tert-OH is 1. The van der Waals surface area contributed by atoms with E-state index in [9.17, 15) is 9.90 Å². The van der Waals surface area contributed by atoms with Gasteiger partial charge in [-0.15, -0.1) is 0 Å². The highest BCUT2D eigenvalue weighted by Gasteiger charge is 2.42. The first-order valence-electron chi connectivity index (χ1n) is 7.14. The number of hydrogen-bond acceptors (Lipinski definition) is 4. The van der Waals surface area contributed by atoms with E-state index >= 15 is 0 Å². The molecule has 1 aromatic carbocycles. The number of benzene rings is 1. The van der Waals surface area contributed by atoms with Crippen LogP contribution < -0.4 is 16.0 Å². The number of aliphatic hydroxyl groups is 1. The van der Waals surface area contributed by atoms with Crippen LogP contribution in [0.15, 0.2) is 18.2 Å². The molecule has 2 fully saturated rings. The van der Waals surface area contributed by atoms with Crippen LogP contribution in [0.25, 0.3) is 0 Å². The van der Waals surface area contributed by atoms with E-state index < -0.39 is 0 Å². The van der Waals surface area contributed by atoms with Crippen molar-refractivity contribution in [3.8, 4) is 0 Å². The SMILES string of the molecule is CNC(=O)c1ccc(N)c(N2CC3CCC(O)C3C2)c1. The summed E-state index contributed by atoms with van der Waals surface area (Å²) in [4.78, 5) is 13.9. The Morgan fingerprint density at radius 3 is 2.90 bits per heavy atom. The average molecular weight is 275 g/mol. The summed E-state index contributed by atoms with van der Waals surface area (Å²) in [6.07, 6.45) is 1.81. The molecule has 20 heavy (non-hydrogen) atoms. The number of rotatable bonds is 2. The van der Waals surface area contributed by atoms with Crippen molar-refractivity contribution in [2.75, 3.05) is 30.8 Å². The second-order valence-electron chi connectivity index (χ2n) is 5.83. The first-order valence-corrected chi connectivity index (χ1v) is 7.14. The quantitative estimate of drug-likeness (QED) is 0.699. The number of nitrogens with one attached hydrogen (secondary N) is 1. The maximum atomic E-state index is 11.7. The average Bonchev–Trinajstić information content (AvgIpc) is 3.01. The summed E-state index contributed by atoms with van der Waals surface area (Å²) in [7, 11) is 1.62. The zero-order valence-corrected chi connectivity index (χ0v) is 11.7. The predicted octanol–water partition coefficient (Wildman–Crippen LogP) is 0.835. The van der Waals surface area contributed by atoms with E-state index in [4.69, 9.17) is 5.73 Å². The molecule has 108 valence electrons. The topological polar surface area (TPSA) is 78.6 Å². The Labute approximate surface area is 118 Å². The van der Waals surface area contributed by atoms with Crippen molar-refractivity contribution in [1.82, 2.24) is 5.32 Å². The number of amides is 1. The highest BCUT2D eigenvalue weighted by atomic mass is 16.3. The van der Waals surface area contributed by atoms with Gasteiger partial charge in [-0.05, 0) is 37.0 Å². The van der Waals surface area contributed by atoms with Crippen LogP contribution >= 0.6 is 0 Å². The standard InChI is InChI=1S/C15H21N3O2/c1-17-15(20)9-2-4-12(16)13(6-9)18-7-10-3-5-14(19)11(10)8-18/h2,4,6,10-11,14,19H,3,5,7-8,16H2,1H3,(H,17,20). The summed E-state index contributed by atoms with van der Waals surface area (Å²) in [5.41, 5.74) is 8.28. The van der Waals surface area contributed by atoms with Crippen LogP contribution in [0.1, 0.15) is 23.2 Å². The van der Waals surface area contributed by atoms with E-state index in [1.54, 1.807) is 19.2 Å². The molecule has 1 heterocycles. The maximum absolute atomic E-state index is 11.7. The van der Waals surface area contributed by atoms with Crippen LogP contribution in [0.3, 0.4) is 0 Å². The van der Waals surface area contributed by atoms with Gasteiger partial charge in [-0.3, -0.25) is 4.79 Å². The van der Waals surface area contributed by atoms with Crippen molar-refractivity contribution >= 4 is 17.3 Å². The summed E-state index contributed by atoms with van der Waals surface area (Å²) in [6.45, 7) is 1.75. The minimum atomic E-state index is -0.187. The Kier molecular flexibility index (Phi) is 3.30. The van der Waals surface area contributed by atoms with E-state index in [0.29, 0.717) is 23.1 Å². The Morgan fingerprint density at radius 1 is 1.40 bits per heavy atom. The fourth-order valence-electron chi connectivity index (χ4n) is 3.54. The first-order chi connectivity index (χ1) is 9.60. The molecule has 1 saturated carbocycles. The molecule has 3 unspecified atom stereocenters. The number of carbonyl (C=O) groups is 1. The van der Waals surface area contributed by atoms with Crippen LogP contribution in [0, 0.1) is 11.8 Å². The molecule has 5 nitrogen and oxygen atoms in total. The lowest BCUT2D eigenvalue weighted by molar-refractivity contribution is 0.0963. The second kappa shape index (κ2) is 4.98. The number of carbonyl (C=O) groups excluding carboxylic acids is 1. The summed E-state index contributed by atoms with van der Waals surface area (Å²) < 4.78 is 0. The second-order valence-corrected chi connectivity index (χ2v) is 5.83. The minimum Gasteiger partial charge on any atom is -0.397 e. The molecular weight excluding hydrogens is 254 g/mol. The summed E-state index contributed by atoms with van der Waals surface area (Å²) in [6, 6.07) is 5.37. The molecule has 1 aliphatic carbocycles. The molecule has 0 radical (unpaired) electrons. The first kappa shape index (κ1) is 13.2. The number of anilines is 2. The number of fused-ring (bicyclic) bond motifs is 1. The normalized spacial score (nSPS) is 28.5. The van der Waals surface area contributed by atoms with E-state index in [-0.39, 0.29) is 12.0 Å². The largest absolute Gasteiger partial charge is 0.397 e. The molecule has 3 rings (SSSR count). The minimum absolute atomic E-state index is 0.106. The third-order valence-corrected chi connectivity index (χ3v) is 4.68. The van der Waals surface area contributed by atoms with Crippen molar-refractivity contribution in [2.45, 2.75) is 18.9 Å². The molecule has 1 saturated heterocycles. The van der Waals surface area contributed by atoms with Crippen molar-refractivity contribution in [1.29, 1.82) is 0 Å². The molecule has 1 amide bonds. The molecule has 0 spiro atoms. The molecule has 1 aliphatic heterocycles. The molecule has 0 aromatic heterocycles. The van der Waals surface area contributed by atoms with E-state index in [2.05, 4.69) is 10.2 Å². The van der Waals surface area contributed by atoms with Gasteiger partial charge in [0.05, 0.1) is 17.5 Å². The van der Waals surface area contributed by atoms with Crippen LogP contribution in [0.5, 0.6) is 0 Å². The Balaban J connectivity index is 1.85. The molecule has 4 N–H and O–H groups in total. The summed E-state index contributed by atoms with van der Waals surface area (Å²) in [5.74, 6) is 0.789. The van der Waals surface area contributed by atoms with Gasteiger partial charge in [0, 0.05) is 31.6 Å². The summed E-state index contributed by atoms with van der Waals surface area (Å²) in [5, 5.41) is 12.6. The molecule has 0 bridgehead atoms. The van der Waals surface area contributed by atoms with Gasteiger partial charge in [0.1, 0.15) is 0 Å². The zero-order chi connectivity index (χ0) is 14.3. The van der Waals surface area contributed by atoms with Gasteiger partial charge in [0.25, 0.3) is 5.91 Å². The Hall–Kier alpha value is -1.75. The number of hydrogen-bond donors (Lipinski definition) is 3. The van der Waals surface area contributed by atoms with Gasteiger partial charge in [-0.2, -0.15) is 0 Å². The smallest absolute Gasteiger partial charge is 0.251 e. The molecule has 3 atom stereocenters. The van der Waals surface area contributed by atoms with Gasteiger partial charge in [-0.25, -0.2) is 0 Å². The van der Waals surface area contributed by atoms with Crippen molar-refractivity contribution in [3.05, 3.63) is 23.8 Å². The van der Waals surface area contributed by atoms with Crippen molar-refractivity contribution in [2.24, 2.45) is 11.8 Å². The maximum Gasteiger partial charge on any atom is 0.251 e. The lowest BCUT2D eigenvalue weighted by Gasteiger charge is -2.22. The molecular formula is C15H21N3O2. The van der Waals surface area contributed by atoms with Crippen LogP contribution in [0.2, 0.25) is 0 Å². The number of nitrogen functional groups attached to an aromatic ring is 1. The van der Waals surface area contributed by atoms with Gasteiger partial charge in [0.15, 0.2) is 0 Å². The highest BCUT2D eigenvalue weighted by molar-refractivity contribution is 5.96. The van der Waals surface area contributed by atoms with E-state index in [0.717, 1.165) is 31.6 Å². The van der Waals surface area contributed by atoms with E-state index in [1.807, 2.05) is 6.07 Å². The van der Waals surface area contributed by atoms with Gasteiger partial charge >= 0.3 is 0 Å². The van der Waals surface area contributed by atoms with Crippen molar-refractivity contribution in [3.63, 3.8) is 0 Å². The van der Waals surface area contributed by atoms with Crippen molar-refractivity contribution < 1.29 is 9.90 Å². The van der Waals surface area contributed by atoms with Gasteiger partial charge < -0.3 is 21.1 Å². The Bertz CT molecular complexity index is 532. The fourth-order valence-corrected chi connectivity index (χ4v) is 3.54. The Morgan fingerprint density at radius 2 is 2.20 bits per heavy atom. The highest BCUT2D eigenvalue weighted by Crippen LogP contribution is 2.41. The third kappa shape index (κ3) is 2.12. The van der Waals surface area contributed by atoms with Crippen LogP contribution in [-0.4, -0.2) is 37.3 Å². The molecule has 5 heteroatoms. The third-order valence-electron chi connectivity index (χ3n) is 4.68. The van der Waals surface area contributed by atoms with Crippen LogP contribution in [0.4, 0.5) is 11.4 Å². The lowest BCUT2D eigenvalue weighted by Crippen LogP contribution is -2.26. The monoisotopic (exact) mass is 275 g/mol. The van der Waals surface area contributed by atoms with Crippen LogP contribution in [-0.2, 0) is 0 Å². The lowest BCUT2D eigenvalue weighted by atomic mass is 10.00. The van der Waals surface area contributed by atoms with Gasteiger partial charge in [0.2, 0.25) is 0 Å². The number of nitrogens with zero attached hydrogens (tertiary/aromatic N) is 1. The molecule has 1 aromatic rings.